The highest BCUT2D eigenvalue weighted by atomic mass is 16.3. The van der Waals surface area contributed by atoms with Crippen LogP contribution in [0.1, 0.15) is 39.5 Å². The Hall–Kier alpha value is -0.300. The molecule has 0 spiro atoms. The molecule has 0 unspecified atom stereocenters. The van der Waals surface area contributed by atoms with Crippen LogP contribution >= 0.6 is 0 Å². The zero-order valence-electron chi connectivity index (χ0n) is 9.37. The molecule has 0 saturated heterocycles. The topological polar surface area (TPSA) is 20.2 Å². The maximum atomic E-state index is 9.99. The van der Waals surface area contributed by atoms with Crippen molar-refractivity contribution in [3.05, 3.63) is 12.7 Å². The van der Waals surface area contributed by atoms with E-state index in [2.05, 4.69) is 20.4 Å². The molecular formula is C13H22O. The van der Waals surface area contributed by atoms with Crippen LogP contribution in [0.4, 0.5) is 0 Å². The van der Waals surface area contributed by atoms with Crippen LogP contribution in [0.25, 0.3) is 0 Å². The Morgan fingerprint density at radius 2 is 2.14 bits per heavy atom. The van der Waals surface area contributed by atoms with E-state index in [1.165, 1.54) is 6.42 Å². The molecule has 3 saturated carbocycles. The Balaban J connectivity index is 2.03. The lowest BCUT2D eigenvalue weighted by atomic mass is 9.44. The number of aliphatic hydroxyl groups is 1. The normalized spacial score (nSPS) is 44.2. The van der Waals surface area contributed by atoms with Gasteiger partial charge in [0.05, 0.1) is 6.10 Å². The Bertz CT molecular complexity index is 231. The van der Waals surface area contributed by atoms with Gasteiger partial charge >= 0.3 is 0 Å². The summed E-state index contributed by atoms with van der Waals surface area (Å²) in [6, 6.07) is 0. The summed E-state index contributed by atoms with van der Waals surface area (Å²) in [6.07, 6.45) is 6.51. The summed E-state index contributed by atoms with van der Waals surface area (Å²) >= 11 is 0. The van der Waals surface area contributed by atoms with Gasteiger partial charge in [-0.1, -0.05) is 19.9 Å². The third kappa shape index (κ3) is 1.33. The van der Waals surface area contributed by atoms with Gasteiger partial charge in [-0.25, -0.2) is 0 Å². The molecular weight excluding hydrogens is 172 g/mol. The fourth-order valence-electron chi connectivity index (χ4n) is 3.62. The van der Waals surface area contributed by atoms with E-state index in [1.807, 2.05) is 6.08 Å². The minimum Gasteiger partial charge on any atom is -0.393 e. The van der Waals surface area contributed by atoms with E-state index in [-0.39, 0.29) is 6.10 Å². The molecule has 3 rings (SSSR count). The second-order valence-electron chi connectivity index (χ2n) is 5.69. The second kappa shape index (κ2) is 3.37. The van der Waals surface area contributed by atoms with Crippen molar-refractivity contribution in [2.24, 2.45) is 23.2 Å². The highest BCUT2D eigenvalue weighted by Gasteiger charge is 2.56. The minimum atomic E-state index is -0.0354. The van der Waals surface area contributed by atoms with Crippen molar-refractivity contribution in [1.82, 2.24) is 0 Å². The largest absolute Gasteiger partial charge is 0.393 e. The van der Waals surface area contributed by atoms with E-state index < -0.39 is 0 Å². The molecule has 0 aromatic rings. The third-order valence-electron chi connectivity index (χ3n) is 4.79. The van der Waals surface area contributed by atoms with Gasteiger partial charge in [0.15, 0.2) is 0 Å². The average molecular weight is 194 g/mol. The van der Waals surface area contributed by atoms with Crippen molar-refractivity contribution < 1.29 is 5.11 Å². The van der Waals surface area contributed by atoms with E-state index >= 15 is 0 Å². The lowest BCUT2D eigenvalue weighted by Crippen LogP contribution is -2.57. The summed E-state index contributed by atoms with van der Waals surface area (Å²) in [7, 11) is 0. The van der Waals surface area contributed by atoms with Gasteiger partial charge in [-0.3, -0.25) is 0 Å². The van der Waals surface area contributed by atoms with Crippen LogP contribution in [0.3, 0.4) is 0 Å². The first-order chi connectivity index (χ1) is 6.57. The van der Waals surface area contributed by atoms with E-state index in [4.69, 9.17) is 0 Å². The van der Waals surface area contributed by atoms with Crippen LogP contribution in [0, 0.1) is 23.2 Å². The Morgan fingerprint density at radius 1 is 1.43 bits per heavy atom. The van der Waals surface area contributed by atoms with Crippen molar-refractivity contribution >= 4 is 0 Å². The second-order valence-corrected chi connectivity index (χ2v) is 5.69. The molecule has 80 valence electrons. The van der Waals surface area contributed by atoms with Crippen LogP contribution in [-0.2, 0) is 0 Å². The number of hydrogen-bond donors (Lipinski definition) is 1. The SMILES string of the molecule is C=CCC[C@@H]1[C@@H](O)C[C@H]2C[C@@H]1C2(C)C. The molecule has 3 aliphatic carbocycles. The molecule has 0 heterocycles. The highest BCUT2D eigenvalue weighted by molar-refractivity contribution is 5.06. The molecule has 4 atom stereocenters. The maximum absolute atomic E-state index is 9.99. The first-order valence-electron chi connectivity index (χ1n) is 5.86. The summed E-state index contributed by atoms with van der Waals surface area (Å²) in [5.74, 6) is 2.08. The minimum absolute atomic E-state index is 0.0354. The molecule has 0 radical (unpaired) electrons. The summed E-state index contributed by atoms with van der Waals surface area (Å²) in [4.78, 5) is 0. The summed E-state index contributed by atoms with van der Waals surface area (Å²) in [5.41, 5.74) is 0.491. The van der Waals surface area contributed by atoms with Gasteiger partial charge in [0.2, 0.25) is 0 Å². The molecule has 1 N–H and O–H groups in total. The van der Waals surface area contributed by atoms with Gasteiger partial charge in [-0.05, 0) is 48.9 Å². The van der Waals surface area contributed by atoms with Crippen LogP contribution in [0.2, 0.25) is 0 Å². The summed E-state index contributed by atoms with van der Waals surface area (Å²) < 4.78 is 0. The van der Waals surface area contributed by atoms with Crippen molar-refractivity contribution in [1.29, 1.82) is 0 Å². The fraction of sp³-hybridized carbons (Fsp3) is 0.846. The molecule has 3 fully saturated rings. The lowest BCUT2D eigenvalue weighted by molar-refractivity contribution is -0.161. The van der Waals surface area contributed by atoms with Crippen molar-refractivity contribution in [2.45, 2.75) is 45.6 Å². The Kier molecular flexibility index (Phi) is 2.46. The van der Waals surface area contributed by atoms with Crippen molar-refractivity contribution in [2.75, 3.05) is 0 Å². The van der Waals surface area contributed by atoms with Gasteiger partial charge in [0, 0.05) is 0 Å². The molecule has 0 aliphatic heterocycles. The first kappa shape index (κ1) is 10.2. The molecule has 3 aliphatic rings. The predicted molar refractivity (Wildman–Crippen MR) is 58.9 cm³/mol. The highest BCUT2D eigenvalue weighted by Crippen LogP contribution is 2.62. The van der Waals surface area contributed by atoms with Gasteiger partial charge < -0.3 is 5.11 Å². The van der Waals surface area contributed by atoms with Gasteiger partial charge in [0.1, 0.15) is 0 Å². The number of allylic oxidation sites excluding steroid dienone is 1. The molecule has 2 bridgehead atoms. The summed E-state index contributed by atoms with van der Waals surface area (Å²) in [5, 5.41) is 9.99. The molecule has 1 heteroatoms. The monoisotopic (exact) mass is 194 g/mol. The number of fused-ring (bicyclic) bond motifs is 2. The van der Waals surface area contributed by atoms with E-state index in [1.54, 1.807) is 0 Å². The maximum Gasteiger partial charge on any atom is 0.0574 e. The molecule has 0 aromatic carbocycles. The van der Waals surface area contributed by atoms with Gasteiger partial charge in [-0.15, -0.1) is 6.58 Å². The van der Waals surface area contributed by atoms with Crippen molar-refractivity contribution in [3.63, 3.8) is 0 Å². The molecule has 0 aromatic heterocycles. The van der Waals surface area contributed by atoms with Crippen LogP contribution in [0.5, 0.6) is 0 Å². The van der Waals surface area contributed by atoms with Crippen LogP contribution in [-0.4, -0.2) is 11.2 Å². The smallest absolute Gasteiger partial charge is 0.0574 e. The number of hydrogen-bond acceptors (Lipinski definition) is 1. The quantitative estimate of drug-likeness (QED) is 0.685. The standard InChI is InChI=1S/C13H22O/c1-4-5-6-10-11-7-9(8-12(10)14)13(11,2)3/h4,9-12,14H,1,5-8H2,2-3H3/t9-,10+,11+,12+/m1/s1. The zero-order valence-corrected chi connectivity index (χ0v) is 9.37. The molecule has 0 amide bonds. The Labute approximate surface area is 87.2 Å². The Morgan fingerprint density at radius 3 is 2.71 bits per heavy atom. The number of rotatable bonds is 3. The zero-order chi connectivity index (χ0) is 10.3. The lowest BCUT2D eigenvalue weighted by Gasteiger charge is -2.61. The van der Waals surface area contributed by atoms with Gasteiger partial charge in [0.25, 0.3) is 0 Å². The third-order valence-corrected chi connectivity index (χ3v) is 4.79. The van der Waals surface area contributed by atoms with Crippen LogP contribution in [0.15, 0.2) is 12.7 Å². The van der Waals surface area contributed by atoms with E-state index in [0.717, 1.165) is 31.1 Å². The number of aliphatic hydroxyl groups excluding tert-OH is 1. The van der Waals surface area contributed by atoms with E-state index in [9.17, 15) is 5.11 Å². The van der Waals surface area contributed by atoms with Crippen molar-refractivity contribution in [3.8, 4) is 0 Å². The first-order valence-corrected chi connectivity index (χ1v) is 5.86. The molecule has 14 heavy (non-hydrogen) atoms. The van der Waals surface area contributed by atoms with Gasteiger partial charge in [-0.2, -0.15) is 0 Å². The average Bonchev–Trinajstić information content (AvgIpc) is 2.15. The van der Waals surface area contributed by atoms with Crippen LogP contribution < -0.4 is 0 Å². The summed E-state index contributed by atoms with van der Waals surface area (Å²) in [6.45, 7) is 8.51. The fourth-order valence-corrected chi connectivity index (χ4v) is 3.62. The van der Waals surface area contributed by atoms with E-state index in [0.29, 0.717) is 11.3 Å². The predicted octanol–water partition coefficient (Wildman–Crippen LogP) is 3.00. The molecule has 1 nitrogen and oxygen atoms in total.